The molecule has 6 nitrogen and oxygen atoms in total. The van der Waals surface area contributed by atoms with Crippen LogP contribution in [-0.4, -0.2) is 40.5 Å². The Kier molecular flexibility index (Phi) is 6.24. The Hall–Kier alpha value is -2.54. The number of amides is 1. The van der Waals surface area contributed by atoms with Crippen LogP contribution in [0.15, 0.2) is 42.5 Å². The van der Waals surface area contributed by atoms with E-state index in [1.54, 1.807) is 24.3 Å². The first-order valence-electron chi connectivity index (χ1n) is 8.64. The van der Waals surface area contributed by atoms with Gasteiger partial charge in [0.25, 0.3) is 12.4 Å². The average molecular weight is 420 g/mol. The second-order valence-electron chi connectivity index (χ2n) is 6.32. The van der Waals surface area contributed by atoms with Crippen molar-refractivity contribution >= 4 is 46.5 Å². The van der Waals surface area contributed by atoms with Gasteiger partial charge in [-0.1, -0.05) is 29.3 Å². The van der Waals surface area contributed by atoms with Gasteiger partial charge in [-0.25, -0.2) is 0 Å². The number of H-pyrrole nitrogens is 1. The number of hydrogen-bond acceptors (Lipinski definition) is 3. The fraction of sp³-hybridized carbons (Fsp3) is 0.200. The molecule has 0 bridgehead atoms. The Labute approximate surface area is 171 Å². The fourth-order valence-corrected chi connectivity index (χ4v) is 3.98. The molecule has 1 aliphatic rings. The number of carboxylic acid groups (broad SMARTS) is 1. The fourth-order valence-electron chi connectivity index (χ4n) is 3.61. The summed E-state index contributed by atoms with van der Waals surface area (Å²) >= 11 is 12.2. The van der Waals surface area contributed by atoms with Crippen molar-refractivity contribution in [2.24, 2.45) is 5.73 Å². The molecule has 0 saturated carbocycles. The molecule has 146 valence electrons. The minimum Gasteiger partial charge on any atom is -0.483 e. The standard InChI is InChI=1S/C19H17Cl2N3O.CH2O2/c20-12-3-1-2-11(8-12)19(25)24-7-6-14-15-9-13(21)4-5-16(15)23-18(14)17(24)10-22;2-1-3/h1-5,8-9,17,23H,6-7,10,22H2;1H,(H,2,3). The topological polar surface area (TPSA) is 99.4 Å². The Morgan fingerprint density at radius 3 is 2.64 bits per heavy atom. The molecule has 1 aliphatic heterocycles. The van der Waals surface area contributed by atoms with Crippen molar-refractivity contribution < 1.29 is 14.7 Å². The minimum atomic E-state index is -0.250. The first-order valence-corrected chi connectivity index (χ1v) is 9.40. The predicted molar refractivity (Wildman–Crippen MR) is 110 cm³/mol. The summed E-state index contributed by atoms with van der Waals surface area (Å²) in [7, 11) is 0. The summed E-state index contributed by atoms with van der Waals surface area (Å²) in [6, 6.07) is 12.6. The van der Waals surface area contributed by atoms with Gasteiger partial charge in [0.15, 0.2) is 0 Å². The van der Waals surface area contributed by atoms with E-state index in [0.29, 0.717) is 28.7 Å². The Bertz CT molecular complexity index is 1020. The second kappa shape index (κ2) is 8.65. The lowest BCUT2D eigenvalue weighted by atomic mass is 9.96. The number of carbonyl (C=O) groups excluding carboxylic acids is 1. The van der Waals surface area contributed by atoms with Gasteiger partial charge in [-0.3, -0.25) is 9.59 Å². The zero-order chi connectivity index (χ0) is 20.3. The summed E-state index contributed by atoms with van der Waals surface area (Å²) in [6.07, 6.45) is 0.762. The molecule has 1 atom stereocenters. The smallest absolute Gasteiger partial charge is 0.290 e. The number of nitrogens with zero attached hydrogens (tertiary/aromatic N) is 1. The molecule has 4 N–H and O–H groups in total. The molecule has 0 radical (unpaired) electrons. The number of nitrogens with two attached hydrogens (primary N) is 1. The molecule has 1 amide bonds. The summed E-state index contributed by atoms with van der Waals surface area (Å²) in [6.45, 7) is 0.708. The molecule has 0 saturated heterocycles. The van der Waals surface area contributed by atoms with Gasteiger partial charge in [0.2, 0.25) is 0 Å². The lowest BCUT2D eigenvalue weighted by molar-refractivity contribution is -0.122. The number of rotatable bonds is 2. The van der Waals surface area contributed by atoms with Crippen LogP contribution in [0.2, 0.25) is 10.0 Å². The maximum absolute atomic E-state index is 13.0. The molecule has 0 aliphatic carbocycles. The minimum absolute atomic E-state index is 0.0553. The highest BCUT2D eigenvalue weighted by Gasteiger charge is 2.33. The van der Waals surface area contributed by atoms with Gasteiger partial charge in [-0.05, 0) is 48.4 Å². The van der Waals surface area contributed by atoms with Crippen molar-refractivity contribution in [3.8, 4) is 0 Å². The molecule has 1 aromatic heterocycles. The molecule has 2 heterocycles. The molecular weight excluding hydrogens is 401 g/mol. The summed E-state index contributed by atoms with van der Waals surface area (Å²) in [5, 5.41) is 9.25. The molecule has 3 aromatic rings. The van der Waals surface area contributed by atoms with E-state index in [9.17, 15) is 4.79 Å². The molecule has 8 heteroatoms. The second-order valence-corrected chi connectivity index (χ2v) is 7.20. The van der Waals surface area contributed by atoms with E-state index in [2.05, 4.69) is 4.98 Å². The number of aromatic nitrogens is 1. The molecule has 2 aromatic carbocycles. The summed E-state index contributed by atoms with van der Waals surface area (Å²) in [5.74, 6) is -0.0553. The number of aromatic amines is 1. The Morgan fingerprint density at radius 2 is 1.96 bits per heavy atom. The van der Waals surface area contributed by atoms with E-state index in [1.807, 2.05) is 23.1 Å². The lowest BCUT2D eigenvalue weighted by Crippen LogP contribution is -2.43. The lowest BCUT2D eigenvalue weighted by Gasteiger charge is -2.35. The van der Waals surface area contributed by atoms with Crippen LogP contribution in [0.3, 0.4) is 0 Å². The quantitative estimate of drug-likeness (QED) is 0.548. The van der Waals surface area contributed by atoms with Crippen molar-refractivity contribution in [1.29, 1.82) is 0 Å². The number of benzene rings is 2. The van der Waals surface area contributed by atoms with Gasteiger partial charge in [0.05, 0.1) is 6.04 Å². The largest absolute Gasteiger partial charge is 0.483 e. The Balaban J connectivity index is 0.000000706. The third kappa shape index (κ3) is 3.85. The van der Waals surface area contributed by atoms with Crippen LogP contribution in [-0.2, 0) is 11.2 Å². The molecular formula is C20H19Cl2N3O3. The SMILES string of the molecule is NCC1c2[nH]c3ccc(Cl)cc3c2CCN1C(=O)c1cccc(Cl)c1.O=CO. The van der Waals surface area contributed by atoms with Crippen LogP contribution >= 0.6 is 23.2 Å². The van der Waals surface area contributed by atoms with Crippen LogP contribution in [0.25, 0.3) is 10.9 Å². The van der Waals surface area contributed by atoms with Gasteiger partial charge in [-0.15, -0.1) is 0 Å². The first-order chi connectivity index (χ1) is 13.5. The highest BCUT2D eigenvalue weighted by molar-refractivity contribution is 6.31. The van der Waals surface area contributed by atoms with E-state index in [0.717, 1.165) is 23.0 Å². The zero-order valence-corrected chi connectivity index (χ0v) is 16.4. The van der Waals surface area contributed by atoms with Gasteiger partial charge >= 0.3 is 0 Å². The molecule has 0 spiro atoms. The summed E-state index contributed by atoms with van der Waals surface area (Å²) < 4.78 is 0. The van der Waals surface area contributed by atoms with Crippen molar-refractivity contribution in [3.63, 3.8) is 0 Å². The highest BCUT2D eigenvalue weighted by Crippen LogP contribution is 2.35. The van der Waals surface area contributed by atoms with E-state index >= 15 is 0 Å². The molecule has 1 unspecified atom stereocenters. The van der Waals surface area contributed by atoms with Crippen molar-refractivity contribution in [2.45, 2.75) is 12.5 Å². The van der Waals surface area contributed by atoms with Gasteiger partial charge < -0.3 is 20.7 Å². The number of fused-ring (bicyclic) bond motifs is 3. The zero-order valence-electron chi connectivity index (χ0n) is 14.9. The maximum atomic E-state index is 13.0. The number of carbonyl (C=O) groups is 2. The van der Waals surface area contributed by atoms with Crippen molar-refractivity contribution in [2.75, 3.05) is 13.1 Å². The average Bonchev–Trinajstić information content (AvgIpc) is 3.05. The van der Waals surface area contributed by atoms with E-state index in [1.165, 1.54) is 5.56 Å². The van der Waals surface area contributed by atoms with Crippen LogP contribution in [0, 0.1) is 0 Å². The van der Waals surface area contributed by atoms with E-state index in [4.69, 9.17) is 38.8 Å². The van der Waals surface area contributed by atoms with Crippen LogP contribution in [0.1, 0.15) is 27.7 Å². The first kappa shape index (κ1) is 20.2. The van der Waals surface area contributed by atoms with Crippen LogP contribution in [0.5, 0.6) is 0 Å². The van der Waals surface area contributed by atoms with E-state index < -0.39 is 0 Å². The van der Waals surface area contributed by atoms with Crippen molar-refractivity contribution in [3.05, 3.63) is 69.3 Å². The normalized spacial score (nSPS) is 15.5. The van der Waals surface area contributed by atoms with Gasteiger partial charge in [0, 0.05) is 45.3 Å². The number of hydrogen-bond donors (Lipinski definition) is 3. The summed E-state index contributed by atoms with van der Waals surface area (Å²) in [4.78, 5) is 26.6. The number of nitrogens with one attached hydrogen (secondary N) is 1. The number of halogens is 2. The maximum Gasteiger partial charge on any atom is 0.290 e. The summed E-state index contributed by atoms with van der Waals surface area (Å²) in [5.41, 5.74) is 9.83. The van der Waals surface area contributed by atoms with Gasteiger partial charge in [-0.2, -0.15) is 0 Å². The van der Waals surface area contributed by atoms with E-state index in [-0.39, 0.29) is 18.4 Å². The Morgan fingerprint density at radius 1 is 1.25 bits per heavy atom. The van der Waals surface area contributed by atoms with Gasteiger partial charge in [0.1, 0.15) is 0 Å². The van der Waals surface area contributed by atoms with Crippen molar-refractivity contribution in [1.82, 2.24) is 9.88 Å². The van der Waals surface area contributed by atoms with Crippen LogP contribution < -0.4 is 5.73 Å². The molecule has 28 heavy (non-hydrogen) atoms. The highest BCUT2D eigenvalue weighted by atomic mass is 35.5. The molecule has 0 fully saturated rings. The predicted octanol–water partition coefficient (Wildman–Crippen LogP) is 3.87. The molecule has 4 rings (SSSR count). The third-order valence-corrected chi connectivity index (χ3v) is 5.24. The monoisotopic (exact) mass is 419 g/mol. The van der Waals surface area contributed by atoms with Crippen LogP contribution in [0.4, 0.5) is 0 Å². The third-order valence-electron chi connectivity index (χ3n) is 4.77.